The number of anilines is 2. The average Bonchev–Trinajstić information content (AvgIpc) is 2.79. The van der Waals surface area contributed by atoms with Gasteiger partial charge in [-0.1, -0.05) is 12.1 Å². The Morgan fingerprint density at radius 2 is 1.75 bits per heavy atom. The average molecular weight is 449 g/mol. The van der Waals surface area contributed by atoms with Crippen LogP contribution in [-0.2, 0) is 14.8 Å². The molecule has 1 heterocycles. The number of nitrogens with one attached hydrogen (secondary N) is 2. The van der Waals surface area contributed by atoms with Gasteiger partial charge in [0.05, 0.1) is 11.5 Å². The van der Waals surface area contributed by atoms with Gasteiger partial charge >= 0.3 is 0 Å². The minimum atomic E-state index is -3.89. The predicted molar refractivity (Wildman–Crippen MR) is 119 cm³/mol. The highest BCUT2D eigenvalue weighted by molar-refractivity contribution is 7.92. The fraction of sp³-hybridized carbons (Fsp3) is 0.0909. The number of nitrogens with zero attached hydrogens (tertiary/aromatic N) is 3. The van der Waals surface area contributed by atoms with Gasteiger partial charge in [-0.05, 0) is 61.0 Å². The van der Waals surface area contributed by atoms with Crippen LogP contribution in [0.25, 0.3) is 6.08 Å². The largest absolute Gasteiger partial charge is 0.494 e. The van der Waals surface area contributed by atoms with Crippen LogP contribution >= 0.6 is 0 Å². The summed E-state index contributed by atoms with van der Waals surface area (Å²) in [5.74, 6) is 0.0201. The minimum absolute atomic E-state index is 0.0339. The highest BCUT2D eigenvalue weighted by atomic mass is 32.2. The number of hydrogen-bond donors (Lipinski definition) is 2. The number of ether oxygens (including phenoxy) is 1. The molecule has 3 rings (SSSR count). The van der Waals surface area contributed by atoms with Crippen molar-refractivity contribution in [3.8, 4) is 11.8 Å². The summed E-state index contributed by atoms with van der Waals surface area (Å²) in [4.78, 5) is 20.1. The molecule has 2 N–H and O–H groups in total. The molecule has 162 valence electrons. The first-order valence-corrected chi connectivity index (χ1v) is 11.0. The van der Waals surface area contributed by atoms with Crippen LogP contribution in [0.5, 0.6) is 5.75 Å². The molecule has 10 heteroatoms. The van der Waals surface area contributed by atoms with Gasteiger partial charge in [0.15, 0.2) is 0 Å². The smallest absolute Gasteiger partial charge is 0.266 e. The van der Waals surface area contributed by atoms with Crippen LogP contribution in [0.15, 0.2) is 77.5 Å². The molecule has 0 saturated carbocycles. The first kappa shape index (κ1) is 22.5. The Labute approximate surface area is 185 Å². The lowest BCUT2D eigenvalue weighted by atomic mass is 10.1. The second-order valence-electron chi connectivity index (χ2n) is 6.33. The Hall–Kier alpha value is -4.23. The van der Waals surface area contributed by atoms with Crippen LogP contribution in [0.4, 0.5) is 11.6 Å². The molecule has 0 atom stereocenters. The Morgan fingerprint density at radius 1 is 1.09 bits per heavy atom. The summed E-state index contributed by atoms with van der Waals surface area (Å²) in [5.41, 5.74) is 0.891. The molecule has 0 radical (unpaired) electrons. The van der Waals surface area contributed by atoms with Crippen molar-refractivity contribution in [1.29, 1.82) is 5.26 Å². The van der Waals surface area contributed by atoms with Crippen LogP contribution in [0.3, 0.4) is 0 Å². The number of aromatic nitrogens is 2. The predicted octanol–water partition coefficient (Wildman–Crippen LogP) is 3.22. The molecule has 0 aliphatic carbocycles. The maximum Gasteiger partial charge on any atom is 0.266 e. The second kappa shape index (κ2) is 10.2. The monoisotopic (exact) mass is 449 g/mol. The van der Waals surface area contributed by atoms with Gasteiger partial charge in [0.1, 0.15) is 17.4 Å². The molecule has 0 aliphatic heterocycles. The molecule has 1 amide bonds. The number of carbonyl (C=O) groups excluding carboxylic acids is 1. The van der Waals surface area contributed by atoms with E-state index in [-0.39, 0.29) is 16.4 Å². The SMILES string of the molecule is CCOc1ccc(/C=C(\C#N)C(=O)Nc2ccc(S(=O)(=O)Nc3ncccn3)cc2)cc1. The standard InChI is InChI=1S/C22H19N5O4S/c1-2-31-19-8-4-16(5-9-19)14-17(15-23)21(28)26-18-6-10-20(11-7-18)32(29,30)27-22-24-12-3-13-25-22/h3-14H,2H2,1H3,(H,26,28)(H,24,25,27)/b17-14+. The van der Waals surface area contributed by atoms with E-state index in [0.29, 0.717) is 23.6 Å². The highest BCUT2D eigenvalue weighted by Crippen LogP contribution is 2.18. The lowest BCUT2D eigenvalue weighted by Gasteiger charge is -2.08. The van der Waals surface area contributed by atoms with Crippen molar-refractivity contribution in [3.05, 3.63) is 78.1 Å². The maximum absolute atomic E-state index is 12.5. The van der Waals surface area contributed by atoms with E-state index in [2.05, 4.69) is 20.0 Å². The molecule has 1 aromatic heterocycles. The van der Waals surface area contributed by atoms with Gasteiger partial charge in [0.2, 0.25) is 5.95 Å². The van der Waals surface area contributed by atoms with Crippen LogP contribution in [0.2, 0.25) is 0 Å². The number of sulfonamides is 1. The van der Waals surface area contributed by atoms with E-state index < -0.39 is 15.9 Å². The lowest BCUT2D eigenvalue weighted by molar-refractivity contribution is -0.112. The van der Waals surface area contributed by atoms with Crippen LogP contribution in [0, 0.1) is 11.3 Å². The van der Waals surface area contributed by atoms with Crippen molar-refractivity contribution in [2.24, 2.45) is 0 Å². The molecular formula is C22H19N5O4S. The molecule has 0 saturated heterocycles. The maximum atomic E-state index is 12.5. The third kappa shape index (κ3) is 5.90. The third-order valence-corrected chi connectivity index (χ3v) is 5.43. The molecule has 0 bridgehead atoms. The number of carbonyl (C=O) groups is 1. The Balaban J connectivity index is 1.69. The first-order valence-electron chi connectivity index (χ1n) is 9.47. The second-order valence-corrected chi connectivity index (χ2v) is 8.01. The van der Waals surface area contributed by atoms with Crippen molar-refractivity contribution in [3.63, 3.8) is 0 Å². The fourth-order valence-electron chi connectivity index (χ4n) is 2.59. The van der Waals surface area contributed by atoms with Crippen LogP contribution in [-0.4, -0.2) is 30.9 Å². The van der Waals surface area contributed by atoms with Gasteiger partial charge in [-0.3, -0.25) is 4.79 Å². The molecule has 0 fully saturated rings. The van der Waals surface area contributed by atoms with Gasteiger partial charge in [0.25, 0.3) is 15.9 Å². The molecule has 0 unspecified atom stereocenters. The van der Waals surface area contributed by atoms with Gasteiger partial charge in [-0.2, -0.15) is 5.26 Å². The third-order valence-electron chi connectivity index (χ3n) is 4.08. The van der Waals surface area contributed by atoms with Gasteiger partial charge in [-0.15, -0.1) is 0 Å². The number of rotatable bonds is 8. The Kier molecular flexibility index (Phi) is 7.15. The number of benzene rings is 2. The highest BCUT2D eigenvalue weighted by Gasteiger charge is 2.16. The number of nitriles is 1. The lowest BCUT2D eigenvalue weighted by Crippen LogP contribution is -2.16. The fourth-order valence-corrected chi connectivity index (χ4v) is 3.55. The van der Waals surface area contributed by atoms with Crippen molar-refractivity contribution in [1.82, 2.24) is 9.97 Å². The summed E-state index contributed by atoms with van der Waals surface area (Å²) in [6.07, 6.45) is 4.28. The topological polar surface area (TPSA) is 134 Å². The molecular weight excluding hydrogens is 430 g/mol. The van der Waals surface area contributed by atoms with Crippen LogP contribution < -0.4 is 14.8 Å². The van der Waals surface area contributed by atoms with E-state index in [0.717, 1.165) is 0 Å². The first-order chi connectivity index (χ1) is 15.4. The zero-order valence-electron chi connectivity index (χ0n) is 17.0. The van der Waals surface area contributed by atoms with Gasteiger partial charge in [-0.25, -0.2) is 23.1 Å². The molecule has 3 aromatic rings. The van der Waals surface area contributed by atoms with Crippen molar-refractivity contribution >= 4 is 33.6 Å². The molecule has 0 aliphatic rings. The van der Waals surface area contributed by atoms with E-state index in [4.69, 9.17) is 4.74 Å². The molecule has 0 spiro atoms. The van der Waals surface area contributed by atoms with Crippen molar-refractivity contribution < 1.29 is 17.9 Å². The zero-order valence-corrected chi connectivity index (χ0v) is 17.8. The molecule has 32 heavy (non-hydrogen) atoms. The summed E-state index contributed by atoms with van der Waals surface area (Å²) in [5, 5.41) is 11.9. The summed E-state index contributed by atoms with van der Waals surface area (Å²) < 4.78 is 32.5. The van der Waals surface area contributed by atoms with E-state index in [1.54, 1.807) is 30.3 Å². The van der Waals surface area contributed by atoms with Crippen molar-refractivity contribution in [2.45, 2.75) is 11.8 Å². The quantitative estimate of drug-likeness (QED) is 0.398. The van der Waals surface area contributed by atoms with E-state index in [1.807, 2.05) is 13.0 Å². The van der Waals surface area contributed by atoms with Gasteiger partial charge in [0, 0.05) is 18.1 Å². The summed E-state index contributed by atoms with van der Waals surface area (Å²) >= 11 is 0. The normalized spacial score (nSPS) is 11.3. The van der Waals surface area contributed by atoms with Crippen LogP contribution in [0.1, 0.15) is 12.5 Å². The number of amides is 1. The Bertz CT molecular complexity index is 1250. The minimum Gasteiger partial charge on any atom is -0.494 e. The zero-order chi connectivity index (χ0) is 23.0. The van der Waals surface area contributed by atoms with Gasteiger partial charge < -0.3 is 10.1 Å². The van der Waals surface area contributed by atoms with E-state index >= 15 is 0 Å². The molecule has 2 aromatic carbocycles. The number of hydrogen-bond acceptors (Lipinski definition) is 7. The Morgan fingerprint density at radius 3 is 2.34 bits per heavy atom. The molecule has 9 nitrogen and oxygen atoms in total. The summed E-state index contributed by atoms with van der Waals surface area (Å²) in [6, 6.07) is 15.9. The van der Waals surface area contributed by atoms with E-state index in [1.165, 1.54) is 42.7 Å². The van der Waals surface area contributed by atoms with E-state index in [9.17, 15) is 18.5 Å². The summed E-state index contributed by atoms with van der Waals surface area (Å²) in [7, 11) is -3.89. The summed E-state index contributed by atoms with van der Waals surface area (Å²) in [6.45, 7) is 2.42. The van der Waals surface area contributed by atoms with Crippen molar-refractivity contribution in [2.75, 3.05) is 16.6 Å².